The minimum absolute atomic E-state index is 0.383. The Morgan fingerprint density at radius 2 is 2.00 bits per heavy atom. The van der Waals surface area contributed by atoms with Crippen molar-refractivity contribution < 1.29 is 9.84 Å². The molecule has 152 valence electrons. The number of halogens is 1. The van der Waals surface area contributed by atoms with E-state index in [0.717, 1.165) is 11.3 Å². The van der Waals surface area contributed by atoms with Crippen LogP contribution >= 0.6 is 11.6 Å². The quantitative estimate of drug-likeness (QED) is 0.380. The van der Waals surface area contributed by atoms with Gasteiger partial charge in [0.1, 0.15) is 42.2 Å². The predicted octanol–water partition coefficient (Wildman–Crippen LogP) is -1.52. The molecule has 0 unspecified atom stereocenters. The molecule has 0 spiro atoms. The summed E-state index contributed by atoms with van der Waals surface area (Å²) in [6.45, 7) is 0.533. The van der Waals surface area contributed by atoms with Crippen LogP contribution in [0.5, 0.6) is 5.75 Å². The molecular weight excluding hydrogens is 399 g/mol. The van der Waals surface area contributed by atoms with Crippen molar-refractivity contribution in [2.45, 2.75) is 17.3 Å². The molecule has 0 saturated heterocycles. The molecule has 0 bridgehead atoms. The largest absolute Gasteiger partial charge is 0.497 e. The summed E-state index contributed by atoms with van der Waals surface area (Å²) in [4.78, 5) is 8.70. The van der Waals surface area contributed by atoms with Crippen molar-refractivity contribution in [2.75, 3.05) is 17.7 Å². The summed E-state index contributed by atoms with van der Waals surface area (Å²) >= 11 is 6.25. The van der Waals surface area contributed by atoms with E-state index in [9.17, 15) is 5.11 Å². The van der Waals surface area contributed by atoms with Crippen molar-refractivity contribution >= 4 is 60.4 Å². The summed E-state index contributed by atoms with van der Waals surface area (Å²) in [6.07, 6.45) is 5.00. The molecule has 2 heterocycles. The van der Waals surface area contributed by atoms with Gasteiger partial charge < -0.3 is 20.5 Å². The first kappa shape index (κ1) is 22.1. The van der Waals surface area contributed by atoms with Crippen molar-refractivity contribution in [3.05, 3.63) is 53.4 Å². The summed E-state index contributed by atoms with van der Waals surface area (Å²) in [5.41, 5.74) is 1.74. The lowest BCUT2D eigenvalue weighted by Crippen LogP contribution is -2.58. The third-order valence-electron chi connectivity index (χ3n) is 5.25. The van der Waals surface area contributed by atoms with Gasteiger partial charge in [-0.15, -0.1) is 0 Å². The molecule has 0 aliphatic heterocycles. The molecule has 3 aromatic rings. The van der Waals surface area contributed by atoms with Crippen LogP contribution in [0.3, 0.4) is 0 Å². The second kappa shape index (κ2) is 8.65. The van der Waals surface area contributed by atoms with Crippen molar-refractivity contribution in [2.24, 2.45) is 0 Å². The van der Waals surface area contributed by atoms with Gasteiger partial charge in [0.25, 0.3) is 0 Å². The molecule has 2 aromatic heterocycles. The first-order valence-electron chi connectivity index (χ1n) is 9.54. The van der Waals surface area contributed by atoms with E-state index in [4.69, 9.17) is 16.3 Å². The van der Waals surface area contributed by atoms with Crippen LogP contribution in [-0.4, -0.2) is 68.7 Å². The van der Waals surface area contributed by atoms with E-state index >= 15 is 0 Å². The molecule has 0 atom stereocenters. The zero-order valence-electron chi connectivity index (χ0n) is 17.8. The van der Waals surface area contributed by atoms with Gasteiger partial charge in [0.2, 0.25) is 5.95 Å². The van der Waals surface area contributed by atoms with Crippen molar-refractivity contribution in [3.63, 3.8) is 0 Å². The highest BCUT2D eigenvalue weighted by Gasteiger charge is 2.36. The number of methoxy groups -OCH3 is 1. The standard InChI is InChI=1S/C17H23B4ClN6O2/c1-30-12-4-2-3-10(5-12)6-23-14-13(22)8-24-15(27-14)26-11-7-25-28(9-11)16(18,19)17(20,21)29/h2-5,7-9,29H,6,18-21H2,1H3,(H2,23,24,26,27). The number of hydrogen-bond acceptors (Lipinski definition) is 7. The molecule has 3 N–H and O–H groups in total. The smallest absolute Gasteiger partial charge is 0.229 e. The molecule has 0 saturated carbocycles. The van der Waals surface area contributed by atoms with E-state index in [1.165, 1.54) is 6.20 Å². The Balaban J connectivity index is 1.73. The summed E-state index contributed by atoms with van der Waals surface area (Å²) in [7, 11) is 8.98. The molecule has 13 heteroatoms. The van der Waals surface area contributed by atoms with Crippen LogP contribution in [-0.2, 0) is 11.9 Å². The minimum Gasteiger partial charge on any atom is -0.497 e. The lowest BCUT2D eigenvalue weighted by Gasteiger charge is -2.38. The van der Waals surface area contributed by atoms with Crippen LogP contribution in [0.15, 0.2) is 42.9 Å². The fourth-order valence-electron chi connectivity index (χ4n) is 2.62. The van der Waals surface area contributed by atoms with Gasteiger partial charge in [-0.05, 0) is 17.7 Å². The van der Waals surface area contributed by atoms with Crippen LogP contribution in [0.2, 0.25) is 5.02 Å². The third kappa shape index (κ3) is 4.94. The third-order valence-corrected chi connectivity index (χ3v) is 5.52. The molecule has 0 aliphatic rings. The van der Waals surface area contributed by atoms with E-state index in [1.54, 1.807) is 39.9 Å². The van der Waals surface area contributed by atoms with Gasteiger partial charge >= 0.3 is 0 Å². The van der Waals surface area contributed by atoms with Crippen LogP contribution in [0, 0.1) is 0 Å². The van der Waals surface area contributed by atoms with Crippen LogP contribution < -0.4 is 15.4 Å². The number of aromatic nitrogens is 4. The van der Waals surface area contributed by atoms with Crippen molar-refractivity contribution in [3.8, 4) is 5.75 Å². The van der Waals surface area contributed by atoms with Crippen LogP contribution in [0.25, 0.3) is 0 Å². The molecule has 30 heavy (non-hydrogen) atoms. The Bertz CT molecular complexity index is 1030. The summed E-state index contributed by atoms with van der Waals surface area (Å²) < 4.78 is 6.97. The van der Waals surface area contributed by atoms with E-state index in [0.29, 0.717) is 29.0 Å². The normalized spacial score (nSPS) is 11.8. The van der Waals surface area contributed by atoms with Crippen molar-refractivity contribution in [1.82, 2.24) is 19.7 Å². The van der Waals surface area contributed by atoms with Crippen molar-refractivity contribution in [1.29, 1.82) is 0 Å². The number of ether oxygens (including phenoxy) is 1. The molecule has 0 fully saturated rings. The monoisotopic (exact) mass is 422 g/mol. The first-order valence-corrected chi connectivity index (χ1v) is 9.92. The van der Waals surface area contributed by atoms with Crippen LogP contribution in [0.1, 0.15) is 5.56 Å². The highest BCUT2D eigenvalue weighted by atomic mass is 35.5. The Morgan fingerprint density at radius 3 is 2.70 bits per heavy atom. The number of nitrogens with zero attached hydrogens (tertiary/aromatic N) is 4. The Morgan fingerprint density at radius 1 is 1.23 bits per heavy atom. The topological polar surface area (TPSA) is 97.1 Å². The van der Waals surface area contributed by atoms with E-state index < -0.39 is 10.7 Å². The Kier molecular flexibility index (Phi) is 6.38. The highest BCUT2D eigenvalue weighted by molar-refractivity contribution is 6.52. The summed E-state index contributed by atoms with van der Waals surface area (Å²) in [5, 5.41) is 20.0. The fourth-order valence-corrected chi connectivity index (χ4v) is 2.78. The maximum Gasteiger partial charge on any atom is 0.229 e. The number of aliphatic hydroxyl groups is 1. The number of benzene rings is 1. The molecule has 0 aliphatic carbocycles. The Labute approximate surface area is 184 Å². The van der Waals surface area contributed by atoms with Gasteiger partial charge in [-0.25, -0.2) is 4.98 Å². The maximum atomic E-state index is 10.4. The fraction of sp³-hybridized carbons (Fsp3) is 0.235. The number of nitrogens with one attached hydrogen (secondary N) is 2. The van der Waals surface area contributed by atoms with Crippen LogP contribution in [0.4, 0.5) is 17.5 Å². The average Bonchev–Trinajstić information content (AvgIpc) is 3.17. The molecular formula is C17H23B4ClN6O2. The van der Waals surface area contributed by atoms with E-state index in [-0.39, 0.29) is 0 Å². The van der Waals surface area contributed by atoms with Gasteiger partial charge in [-0.1, -0.05) is 23.7 Å². The molecule has 0 radical (unpaired) electrons. The number of anilines is 3. The molecule has 8 nitrogen and oxygen atoms in total. The Hall–Kier alpha value is -2.58. The SMILES string of the molecule is BC(B)(O)C(B)(B)n1cc(Nc2ncc(Cl)c(NCc3cccc(OC)c3)n2)cn1. The lowest BCUT2D eigenvalue weighted by molar-refractivity contribution is 0.156. The number of rotatable bonds is 8. The molecule has 3 rings (SSSR count). The van der Waals surface area contributed by atoms with Gasteiger partial charge in [0.05, 0.1) is 25.2 Å². The zero-order chi connectivity index (χ0) is 21.9. The zero-order valence-corrected chi connectivity index (χ0v) is 18.5. The van der Waals surface area contributed by atoms with E-state index in [2.05, 4.69) is 25.7 Å². The number of hydrogen-bond donors (Lipinski definition) is 3. The predicted molar refractivity (Wildman–Crippen MR) is 130 cm³/mol. The van der Waals surface area contributed by atoms with Gasteiger partial charge in [0.15, 0.2) is 5.82 Å². The molecule has 0 amide bonds. The van der Waals surface area contributed by atoms with Gasteiger partial charge in [-0.2, -0.15) is 10.1 Å². The van der Waals surface area contributed by atoms with Gasteiger partial charge in [-0.3, -0.25) is 4.68 Å². The van der Waals surface area contributed by atoms with Gasteiger partial charge in [0, 0.05) is 23.5 Å². The summed E-state index contributed by atoms with van der Waals surface area (Å²) in [6, 6.07) is 7.75. The van der Waals surface area contributed by atoms with E-state index in [1.807, 2.05) is 40.0 Å². The molecule has 1 aromatic carbocycles. The highest BCUT2D eigenvalue weighted by Crippen LogP contribution is 2.24. The lowest BCUT2D eigenvalue weighted by atomic mass is 9.40. The summed E-state index contributed by atoms with van der Waals surface area (Å²) in [5.74, 6) is 1.69. The second-order valence-corrected chi connectivity index (χ2v) is 8.42. The second-order valence-electron chi connectivity index (χ2n) is 8.01. The average molecular weight is 422 g/mol. The minimum atomic E-state index is -0.954. The first-order chi connectivity index (χ1) is 14.1. The maximum absolute atomic E-state index is 10.4.